The maximum absolute atomic E-state index is 12.5. The van der Waals surface area contributed by atoms with Crippen LogP contribution in [0.1, 0.15) is 24.2 Å². The average molecular weight is 255 g/mol. The zero-order chi connectivity index (χ0) is 13.0. The van der Waals surface area contributed by atoms with Gasteiger partial charge in [-0.05, 0) is 36.6 Å². The molecule has 1 aliphatic carbocycles. The molecule has 0 bridgehead atoms. The van der Waals surface area contributed by atoms with Crippen molar-refractivity contribution < 1.29 is 17.6 Å². The molecule has 1 aromatic heterocycles. The van der Waals surface area contributed by atoms with Crippen LogP contribution in [-0.2, 0) is 11.6 Å². The number of rotatable bonds is 2. The van der Waals surface area contributed by atoms with Crippen LogP contribution in [0.2, 0.25) is 0 Å². The lowest BCUT2D eigenvalue weighted by Gasteiger charge is -2.12. The third kappa shape index (κ3) is 1.70. The van der Waals surface area contributed by atoms with E-state index in [2.05, 4.69) is 0 Å². The van der Waals surface area contributed by atoms with Crippen LogP contribution in [0.25, 0.3) is 11.0 Å². The standard InChI is InChI=1S/C13H12F3NO/c14-13(15,16)11-6-8-5-9(1-2-10(8)18-11)12(7-17)3-4-12/h1-2,5-6H,3-4,7,17H2. The molecule has 0 saturated heterocycles. The van der Waals surface area contributed by atoms with E-state index < -0.39 is 11.9 Å². The lowest BCUT2D eigenvalue weighted by molar-refractivity contribution is -0.152. The van der Waals surface area contributed by atoms with Crippen LogP contribution in [0, 0.1) is 0 Å². The van der Waals surface area contributed by atoms with Crippen molar-refractivity contribution in [1.82, 2.24) is 0 Å². The molecule has 0 aliphatic heterocycles. The van der Waals surface area contributed by atoms with E-state index in [4.69, 9.17) is 10.2 Å². The minimum Gasteiger partial charge on any atom is -0.452 e. The Morgan fingerprint density at radius 1 is 1.22 bits per heavy atom. The third-order valence-corrected chi connectivity index (χ3v) is 3.65. The topological polar surface area (TPSA) is 39.2 Å². The maximum atomic E-state index is 12.5. The van der Waals surface area contributed by atoms with Crippen molar-refractivity contribution in [2.45, 2.75) is 24.4 Å². The molecule has 0 spiro atoms. The molecule has 5 heteroatoms. The van der Waals surface area contributed by atoms with Gasteiger partial charge in [-0.2, -0.15) is 13.2 Å². The van der Waals surface area contributed by atoms with E-state index in [1.807, 2.05) is 6.07 Å². The lowest BCUT2D eigenvalue weighted by Crippen LogP contribution is -2.19. The van der Waals surface area contributed by atoms with Gasteiger partial charge < -0.3 is 10.2 Å². The summed E-state index contributed by atoms with van der Waals surface area (Å²) in [6, 6.07) is 6.21. The molecule has 18 heavy (non-hydrogen) atoms. The Hall–Kier alpha value is -1.49. The molecule has 0 amide bonds. The zero-order valence-electron chi connectivity index (χ0n) is 9.55. The van der Waals surface area contributed by atoms with Crippen molar-refractivity contribution in [2.24, 2.45) is 5.73 Å². The highest BCUT2D eigenvalue weighted by Crippen LogP contribution is 2.48. The summed E-state index contributed by atoms with van der Waals surface area (Å²) in [5.41, 5.74) is 6.96. The van der Waals surface area contributed by atoms with E-state index in [9.17, 15) is 13.2 Å². The Labute approximate surface area is 102 Å². The minimum atomic E-state index is -4.44. The molecule has 0 atom stereocenters. The van der Waals surface area contributed by atoms with Gasteiger partial charge in [0.05, 0.1) is 0 Å². The number of furan rings is 1. The van der Waals surface area contributed by atoms with Gasteiger partial charge in [0.2, 0.25) is 5.76 Å². The number of halogens is 3. The summed E-state index contributed by atoms with van der Waals surface area (Å²) in [7, 11) is 0. The predicted molar refractivity (Wildman–Crippen MR) is 61.2 cm³/mol. The molecule has 2 nitrogen and oxygen atoms in total. The number of nitrogens with two attached hydrogens (primary N) is 1. The summed E-state index contributed by atoms with van der Waals surface area (Å²) in [6.45, 7) is 0.530. The van der Waals surface area contributed by atoms with E-state index >= 15 is 0 Å². The molecule has 2 aromatic rings. The van der Waals surface area contributed by atoms with Crippen LogP contribution in [0.4, 0.5) is 13.2 Å². The first-order valence-electron chi connectivity index (χ1n) is 5.76. The Kier molecular flexibility index (Phi) is 2.26. The van der Waals surface area contributed by atoms with Crippen LogP contribution in [0.3, 0.4) is 0 Å². The minimum absolute atomic E-state index is 0.0240. The molecule has 1 fully saturated rings. The van der Waals surface area contributed by atoms with Gasteiger partial charge in [-0.15, -0.1) is 0 Å². The molecule has 3 rings (SSSR count). The maximum Gasteiger partial charge on any atom is 0.449 e. The predicted octanol–water partition coefficient (Wildman–Crippen LogP) is 3.44. The van der Waals surface area contributed by atoms with E-state index in [0.717, 1.165) is 24.5 Å². The van der Waals surface area contributed by atoms with E-state index in [1.165, 1.54) is 0 Å². The van der Waals surface area contributed by atoms with Crippen molar-refractivity contribution in [2.75, 3.05) is 6.54 Å². The summed E-state index contributed by atoms with van der Waals surface area (Å²) in [4.78, 5) is 0. The summed E-state index contributed by atoms with van der Waals surface area (Å²) < 4.78 is 42.4. The second-order valence-corrected chi connectivity index (χ2v) is 4.85. The first kappa shape index (κ1) is 11.6. The molecule has 96 valence electrons. The number of hydrogen-bond acceptors (Lipinski definition) is 2. The first-order chi connectivity index (χ1) is 8.44. The molecule has 1 saturated carbocycles. The van der Waals surface area contributed by atoms with Crippen LogP contribution in [0.5, 0.6) is 0 Å². The second-order valence-electron chi connectivity index (χ2n) is 4.85. The number of alkyl halides is 3. The van der Waals surface area contributed by atoms with E-state index in [1.54, 1.807) is 12.1 Å². The molecular weight excluding hydrogens is 243 g/mol. The SMILES string of the molecule is NCC1(c2ccc3oc(C(F)(F)F)cc3c2)CC1. The van der Waals surface area contributed by atoms with Crippen LogP contribution in [0.15, 0.2) is 28.7 Å². The van der Waals surface area contributed by atoms with Crippen LogP contribution >= 0.6 is 0 Å². The monoisotopic (exact) mass is 255 g/mol. The second kappa shape index (κ2) is 3.51. The van der Waals surface area contributed by atoms with Crippen molar-refractivity contribution >= 4 is 11.0 Å². The van der Waals surface area contributed by atoms with Gasteiger partial charge in [0.1, 0.15) is 5.58 Å². The normalized spacial score (nSPS) is 18.2. The number of hydrogen-bond donors (Lipinski definition) is 1. The summed E-state index contributed by atoms with van der Waals surface area (Å²) in [5, 5.41) is 0.486. The molecular formula is C13H12F3NO. The highest BCUT2D eigenvalue weighted by Gasteiger charge is 2.43. The lowest BCUT2D eigenvalue weighted by atomic mass is 9.95. The van der Waals surface area contributed by atoms with Gasteiger partial charge in [0.15, 0.2) is 0 Å². The van der Waals surface area contributed by atoms with Crippen molar-refractivity contribution in [1.29, 1.82) is 0 Å². The van der Waals surface area contributed by atoms with Crippen molar-refractivity contribution in [3.05, 3.63) is 35.6 Å². The van der Waals surface area contributed by atoms with Gasteiger partial charge in [0.25, 0.3) is 0 Å². The smallest absolute Gasteiger partial charge is 0.449 e. The Morgan fingerprint density at radius 2 is 1.94 bits per heavy atom. The molecule has 0 radical (unpaired) electrons. The fourth-order valence-electron chi connectivity index (χ4n) is 2.27. The summed E-state index contributed by atoms with van der Waals surface area (Å²) in [6.07, 6.45) is -2.44. The summed E-state index contributed by atoms with van der Waals surface area (Å²) in [5.74, 6) is -0.952. The van der Waals surface area contributed by atoms with Crippen molar-refractivity contribution in [3.63, 3.8) is 0 Å². The van der Waals surface area contributed by atoms with Gasteiger partial charge in [-0.3, -0.25) is 0 Å². The van der Waals surface area contributed by atoms with Gasteiger partial charge in [0, 0.05) is 17.3 Å². The first-order valence-corrected chi connectivity index (χ1v) is 5.76. The van der Waals surface area contributed by atoms with Gasteiger partial charge >= 0.3 is 6.18 Å². The van der Waals surface area contributed by atoms with Crippen LogP contribution < -0.4 is 5.73 Å². The number of benzene rings is 1. The Balaban J connectivity index is 2.08. The highest BCUT2D eigenvalue weighted by atomic mass is 19.4. The van der Waals surface area contributed by atoms with Gasteiger partial charge in [-0.25, -0.2) is 0 Å². The van der Waals surface area contributed by atoms with Crippen molar-refractivity contribution in [3.8, 4) is 0 Å². The molecule has 2 N–H and O–H groups in total. The third-order valence-electron chi connectivity index (χ3n) is 3.65. The zero-order valence-corrected chi connectivity index (χ0v) is 9.55. The van der Waals surface area contributed by atoms with E-state index in [-0.39, 0.29) is 11.0 Å². The largest absolute Gasteiger partial charge is 0.452 e. The highest BCUT2D eigenvalue weighted by molar-refractivity contribution is 5.79. The Morgan fingerprint density at radius 3 is 2.50 bits per heavy atom. The van der Waals surface area contributed by atoms with Gasteiger partial charge in [-0.1, -0.05) is 6.07 Å². The van der Waals surface area contributed by atoms with Crippen LogP contribution in [-0.4, -0.2) is 6.54 Å². The fourth-order valence-corrected chi connectivity index (χ4v) is 2.27. The Bertz CT molecular complexity index is 596. The fraction of sp³-hybridized carbons (Fsp3) is 0.385. The average Bonchev–Trinajstić information content (AvgIpc) is 2.99. The molecule has 1 aliphatic rings. The number of fused-ring (bicyclic) bond motifs is 1. The molecule has 1 heterocycles. The van der Waals surface area contributed by atoms with E-state index in [0.29, 0.717) is 11.9 Å². The molecule has 0 unspecified atom stereocenters. The quantitative estimate of drug-likeness (QED) is 0.892. The molecule has 1 aromatic carbocycles. The summed E-state index contributed by atoms with van der Waals surface area (Å²) >= 11 is 0.